The molecule has 1 unspecified atom stereocenters. The fraction of sp³-hybridized carbons (Fsp3) is 0.412. The van der Waals surface area contributed by atoms with E-state index >= 15 is 0 Å². The molecule has 0 bridgehead atoms. The monoisotopic (exact) mass is 274 g/mol. The summed E-state index contributed by atoms with van der Waals surface area (Å²) in [6.07, 6.45) is 1.43. The molecule has 0 radical (unpaired) electrons. The minimum atomic E-state index is -0.434. The Morgan fingerprint density at radius 1 is 1.11 bits per heavy atom. The highest BCUT2D eigenvalue weighted by Crippen LogP contribution is 2.44. The first-order chi connectivity index (χ1) is 9.15. The number of thiophene rings is 1. The molecule has 2 heteroatoms. The smallest absolute Gasteiger partial charge is 0.0896 e. The van der Waals surface area contributed by atoms with Gasteiger partial charge in [0.05, 0.1) is 6.10 Å². The normalized spacial score (nSPS) is 13.5. The Morgan fingerprint density at radius 2 is 1.74 bits per heavy atom. The van der Waals surface area contributed by atoms with E-state index in [1.54, 1.807) is 11.3 Å². The van der Waals surface area contributed by atoms with Crippen LogP contribution < -0.4 is 0 Å². The quantitative estimate of drug-likeness (QED) is 0.826. The van der Waals surface area contributed by atoms with Crippen LogP contribution in [-0.2, 0) is 5.41 Å². The second-order valence-electron chi connectivity index (χ2n) is 5.06. The van der Waals surface area contributed by atoms with Crippen molar-refractivity contribution >= 4 is 11.3 Å². The maximum absolute atomic E-state index is 11.0. The summed E-state index contributed by atoms with van der Waals surface area (Å²) >= 11 is 1.71. The second-order valence-corrected chi connectivity index (χ2v) is 6.18. The van der Waals surface area contributed by atoms with E-state index in [9.17, 15) is 5.11 Å². The molecule has 0 saturated carbocycles. The van der Waals surface area contributed by atoms with Crippen LogP contribution in [0.5, 0.6) is 0 Å². The van der Waals surface area contributed by atoms with E-state index in [0.717, 1.165) is 18.4 Å². The van der Waals surface area contributed by atoms with Crippen LogP contribution in [0.3, 0.4) is 0 Å². The number of benzene rings is 1. The molecule has 0 aliphatic heterocycles. The molecule has 0 aliphatic rings. The molecule has 0 aliphatic carbocycles. The number of rotatable bonds is 5. The summed E-state index contributed by atoms with van der Waals surface area (Å²) in [5.74, 6) is 0. The van der Waals surface area contributed by atoms with Crippen molar-refractivity contribution in [2.24, 2.45) is 0 Å². The SMILES string of the molecule is CCC(CC)(c1ccccc1)C(O)c1ccsc1C. The molecule has 1 heterocycles. The first-order valence-corrected chi connectivity index (χ1v) is 7.81. The summed E-state index contributed by atoms with van der Waals surface area (Å²) in [6, 6.07) is 12.5. The van der Waals surface area contributed by atoms with Crippen LogP contribution in [0, 0.1) is 6.92 Å². The highest BCUT2D eigenvalue weighted by Gasteiger charge is 2.38. The molecule has 19 heavy (non-hydrogen) atoms. The van der Waals surface area contributed by atoms with Crippen LogP contribution in [0.25, 0.3) is 0 Å². The third-order valence-electron chi connectivity index (χ3n) is 4.33. The van der Waals surface area contributed by atoms with Gasteiger partial charge in [-0.3, -0.25) is 0 Å². The van der Waals surface area contributed by atoms with Gasteiger partial charge >= 0.3 is 0 Å². The van der Waals surface area contributed by atoms with Gasteiger partial charge in [0.1, 0.15) is 0 Å². The van der Waals surface area contributed by atoms with Crippen molar-refractivity contribution in [2.75, 3.05) is 0 Å². The topological polar surface area (TPSA) is 20.2 Å². The number of hydrogen-bond donors (Lipinski definition) is 1. The van der Waals surface area contributed by atoms with Crippen molar-refractivity contribution in [1.29, 1.82) is 0 Å². The van der Waals surface area contributed by atoms with Gasteiger partial charge in [-0.05, 0) is 42.3 Å². The zero-order valence-electron chi connectivity index (χ0n) is 11.9. The van der Waals surface area contributed by atoms with Crippen molar-refractivity contribution in [1.82, 2.24) is 0 Å². The lowest BCUT2D eigenvalue weighted by atomic mass is 9.69. The third kappa shape index (κ3) is 2.47. The van der Waals surface area contributed by atoms with Crippen molar-refractivity contribution in [3.05, 3.63) is 57.8 Å². The van der Waals surface area contributed by atoms with Crippen LogP contribution in [0.2, 0.25) is 0 Å². The van der Waals surface area contributed by atoms with Gasteiger partial charge in [-0.2, -0.15) is 0 Å². The average Bonchev–Trinajstić information content (AvgIpc) is 2.88. The molecule has 1 N–H and O–H groups in total. The van der Waals surface area contributed by atoms with E-state index in [0.29, 0.717) is 0 Å². The average molecular weight is 274 g/mol. The summed E-state index contributed by atoms with van der Waals surface area (Å²) in [5, 5.41) is 13.0. The Morgan fingerprint density at radius 3 is 2.21 bits per heavy atom. The number of hydrogen-bond acceptors (Lipinski definition) is 2. The van der Waals surface area contributed by atoms with Gasteiger partial charge in [0, 0.05) is 10.3 Å². The molecule has 102 valence electrons. The molecule has 0 saturated heterocycles. The van der Waals surface area contributed by atoms with Gasteiger partial charge in [-0.25, -0.2) is 0 Å². The van der Waals surface area contributed by atoms with Gasteiger partial charge in [0.15, 0.2) is 0 Å². The molecule has 0 fully saturated rings. The van der Waals surface area contributed by atoms with Crippen LogP contribution >= 0.6 is 11.3 Å². The van der Waals surface area contributed by atoms with Crippen molar-refractivity contribution in [2.45, 2.75) is 45.1 Å². The fourth-order valence-electron chi connectivity index (χ4n) is 2.95. The van der Waals surface area contributed by atoms with E-state index in [1.165, 1.54) is 10.4 Å². The zero-order chi connectivity index (χ0) is 13.9. The molecule has 1 nitrogen and oxygen atoms in total. The molecule has 1 atom stereocenters. The third-order valence-corrected chi connectivity index (χ3v) is 5.19. The van der Waals surface area contributed by atoms with E-state index in [4.69, 9.17) is 0 Å². The molecule has 0 amide bonds. The molecule has 1 aromatic heterocycles. The van der Waals surface area contributed by atoms with Crippen molar-refractivity contribution in [3.8, 4) is 0 Å². The summed E-state index contributed by atoms with van der Waals surface area (Å²) < 4.78 is 0. The molecule has 1 aromatic carbocycles. The first-order valence-electron chi connectivity index (χ1n) is 6.93. The van der Waals surface area contributed by atoms with Crippen LogP contribution in [0.1, 0.15) is 48.8 Å². The summed E-state index contributed by atoms with van der Waals surface area (Å²) in [4.78, 5) is 1.22. The molecular weight excluding hydrogens is 252 g/mol. The molecule has 2 aromatic rings. The van der Waals surface area contributed by atoms with E-state index in [-0.39, 0.29) is 5.41 Å². The van der Waals surface area contributed by atoms with Crippen LogP contribution in [0.15, 0.2) is 41.8 Å². The lowest BCUT2D eigenvalue weighted by Crippen LogP contribution is -2.32. The van der Waals surface area contributed by atoms with Crippen molar-refractivity contribution in [3.63, 3.8) is 0 Å². The number of aliphatic hydroxyl groups excluding tert-OH is 1. The lowest BCUT2D eigenvalue weighted by molar-refractivity contribution is 0.0726. The van der Waals surface area contributed by atoms with Gasteiger partial charge in [-0.1, -0.05) is 44.2 Å². The summed E-state index contributed by atoms with van der Waals surface area (Å²) in [5.41, 5.74) is 2.13. The Balaban J connectivity index is 2.48. The lowest BCUT2D eigenvalue weighted by Gasteiger charge is -2.37. The minimum Gasteiger partial charge on any atom is -0.387 e. The van der Waals surface area contributed by atoms with Gasteiger partial charge in [0.2, 0.25) is 0 Å². The molecular formula is C17H22OS. The predicted octanol–water partition coefficient (Wildman–Crippen LogP) is 4.85. The minimum absolute atomic E-state index is 0.187. The fourth-order valence-corrected chi connectivity index (χ4v) is 3.68. The highest BCUT2D eigenvalue weighted by molar-refractivity contribution is 7.10. The van der Waals surface area contributed by atoms with E-state index in [2.05, 4.69) is 56.5 Å². The summed E-state index contributed by atoms with van der Waals surface area (Å²) in [6.45, 7) is 6.42. The van der Waals surface area contributed by atoms with E-state index in [1.807, 2.05) is 6.07 Å². The predicted molar refractivity (Wildman–Crippen MR) is 82.7 cm³/mol. The van der Waals surface area contributed by atoms with Crippen molar-refractivity contribution < 1.29 is 5.11 Å². The first kappa shape index (κ1) is 14.3. The maximum Gasteiger partial charge on any atom is 0.0896 e. The Labute approximate surface area is 119 Å². The van der Waals surface area contributed by atoms with Gasteiger partial charge in [0.25, 0.3) is 0 Å². The zero-order valence-corrected chi connectivity index (χ0v) is 12.7. The van der Waals surface area contributed by atoms with Gasteiger partial charge in [-0.15, -0.1) is 11.3 Å². The van der Waals surface area contributed by atoms with E-state index < -0.39 is 6.10 Å². The summed E-state index contributed by atoms with van der Waals surface area (Å²) in [7, 11) is 0. The second kappa shape index (κ2) is 5.89. The largest absolute Gasteiger partial charge is 0.387 e. The molecule has 2 rings (SSSR count). The van der Waals surface area contributed by atoms with Gasteiger partial charge < -0.3 is 5.11 Å². The Hall–Kier alpha value is -1.12. The number of aryl methyl sites for hydroxylation is 1. The standard InChI is InChI=1S/C17H22OS/c1-4-17(5-2,14-9-7-6-8-10-14)16(18)15-11-12-19-13(15)3/h6-12,16,18H,4-5H2,1-3H3. The molecule has 0 spiro atoms. The van der Waals surface area contributed by atoms with Crippen LogP contribution in [-0.4, -0.2) is 5.11 Å². The van der Waals surface area contributed by atoms with Crippen LogP contribution in [0.4, 0.5) is 0 Å². The highest BCUT2D eigenvalue weighted by atomic mass is 32.1. The Kier molecular flexibility index (Phi) is 4.43. The number of aliphatic hydroxyl groups is 1. The Bertz CT molecular complexity index is 511. The maximum atomic E-state index is 11.0.